The molecule has 7 heteroatoms. The average molecular weight is 316 g/mol. The lowest BCUT2D eigenvalue weighted by molar-refractivity contribution is -0.132. The van der Waals surface area contributed by atoms with Crippen LogP contribution in [0.1, 0.15) is 25.8 Å². The zero-order chi connectivity index (χ0) is 14.5. The molecule has 1 aliphatic rings. The van der Waals surface area contributed by atoms with E-state index >= 15 is 0 Å². The molecule has 2 heterocycles. The van der Waals surface area contributed by atoms with Crippen molar-refractivity contribution in [2.75, 3.05) is 26.2 Å². The lowest BCUT2D eigenvalue weighted by Gasteiger charge is -2.23. The Morgan fingerprint density at radius 1 is 1.38 bits per heavy atom. The van der Waals surface area contributed by atoms with Crippen LogP contribution in [-0.2, 0) is 17.9 Å². The molecule has 1 amide bonds. The second-order valence-corrected chi connectivity index (χ2v) is 5.45. The Kier molecular flexibility index (Phi) is 7.14. The second-order valence-electron chi connectivity index (χ2n) is 5.45. The van der Waals surface area contributed by atoms with Crippen LogP contribution >= 0.6 is 12.4 Å². The maximum atomic E-state index is 11.9. The number of hydrogen-bond donors (Lipinski definition) is 1. The molecule has 0 spiro atoms. The van der Waals surface area contributed by atoms with Crippen molar-refractivity contribution in [2.45, 2.75) is 39.4 Å². The number of aryl methyl sites for hydroxylation is 1. The third-order valence-electron chi connectivity index (χ3n) is 3.71. The predicted molar refractivity (Wildman–Crippen MR) is 85.3 cm³/mol. The summed E-state index contributed by atoms with van der Waals surface area (Å²) >= 11 is 0. The van der Waals surface area contributed by atoms with Crippen molar-refractivity contribution >= 4 is 18.3 Å². The molecule has 2 rings (SSSR count). The first-order chi connectivity index (χ1) is 9.60. The molecule has 1 aromatic heterocycles. The Hall–Kier alpha value is -1.11. The van der Waals surface area contributed by atoms with Gasteiger partial charge >= 0.3 is 0 Å². The van der Waals surface area contributed by atoms with Gasteiger partial charge in [-0.15, -0.1) is 12.4 Å². The summed E-state index contributed by atoms with van der Waals surface area (Å²) in [5, 5.41) is 4.30. The molecule has 21 heavy (non-hydrogen) atoms. The molecule has 0 bridgehead atoms. The summed E-state index contributed by atoms with van der Waals surface area (Å²) < 4.78 is 1.94. The molecule has 1 fully saturated rings. The summed E-state index contributed by atoms with van der Waals surface area (Å²) in [5.74, 6) is 0.0608. The van der Waals surface area contributed by atoms with E-state index in [1.165, 1.54) is 5.56 Å². The van der Waals surface area contributed by atoms with Gasteiger partial charge in [-0.1, -0.05) is 0 Å². The first-order valence-electron chi connectivity index (χ1n) is 7.38. The van der Waals surface area contributed by atoms with Crippen LogP contribution in [0.3, 0.4) is 0 Å². The minimum Gasteiger partial charge on any atom is -0.340 e. The zero-order valence-corrected chi connectivity index (χ0v) is 13.7. The van der Waals surface area contributed by atoms with Crippen molar-refractivity contribution in [1.29, 1.82) is 0 Å². The molecule has 0 saturated carbocycles. The molecule has 120 valence electrons. The van der Waals surface area contributed by atoms with Crippen LogP contribution in [0.5, 0.6) is 0 Å². The van der Waals surface area contributed by atoms with Gasteiger partial charge in [-0.2, -0.15) is 5.10 Å². The molecular formula is C14H26ClN5O. The van der Waals surface area contributed by atoms with Gasteiger partial charge in [-0.25, -0.2) is 0 Å². The summed E-state index contributed by atoms with van der Waals surface area (Å²) in [6.07, 6.45) is 5.02. The van der Waals surface area contributed by atoms with Gasteiger partial charge in [0.1, 0.15) is 0 Å². The highest BCUT2D eigenvalue weighted by Gasteiger charge is 2.21. The van der Waals surface area contributed by atoms with Crippen molar-refractivity contribution in [3.63, 3.8) is 0 Å². The van der Waals surface area contributed by atoms with Crippen molar-refractivity contribution in [2.24, 2.45) is 5.73 Å². The molecule has 0 unspecified atom stereocenters. The standard InChI is InChI=1S/C14H25N5O.ClH/c1-3-19-11-13(9-16-19)10-17-5-4-6-18(8-7-17)14(20)12(2)15;/h9,11-12H,3-8,10,15H2,1-2H3;1H/t12-;/m1./s1. The second kappa shape index (κ2) is 8.36. The normalized spacial score (nSPS) is 18.0. The fourth-order valence-electron chi connectivity index (χ4n) is 2.56. The zero-order valence-electron chi connectivity index (χ0n) is 12.9. The first kappa shape index (κ1) is 17.9. The van der Waals surface area contributed by atoms with Gasteiger partial charge in [-0.3, -0.25) is 14.4 Å². The van der Waals surface area contributed by atoms with Crippen molar-refractivity contribution in [3.8, 4) is 0 Å². The van der Waals surface area contributed by atoms with Crippen LogP contribution in [0.25, 0.3) is 0 Å². The molecule has 1 saturated heterocycles. The lowest BCUT2D eigenvalue weighted by Crippen LogP contribution is -2.43. The number of nitrogens with two attached hydrogens (primary N) is 1. The molecule has 0 aromatic carbocycles. The number of nitrogens with zero attached hydrogens (tertiary/aromatic N) is 4. The summed E-state index contributed by atoms with van der Waals surface area (Å²) in [7, 11) is 0. The van der Waals surface area contributed by atoms with Crippen LogP contribution in [0.4, 0.5) is 0 Å². The average Bonchev–Trinajstić information content (AvgIpc) is 2.76. The number of aromatic nitrogens is 2. The maximum absolute atomic E-state index is 11.9. The lowest BCUT2D eigenvalue weighted by atomic mass is 10.3. The van der Waals surface area contributed by atoms with E-state index in [4.69, 9.17) is 5.73 Å². The summed E-state index contributed by atoms with van der Waals surface area (Å²) in [4.78, 5) is 16.2. The van der Waals surface area contributed by atoms with Crippen molar-refractivity contribution in [1.82, 2.24) is 19.6 Å². The van der Waals surface area contributed by atoms with E-state index in [1.54, 1.807) is 6.92 Å². The Morgan fingerprint density at radius 3 is 2.76 bits per heavy atom. The summed E-state index contributed by atoms with van der Waals surface area (Å²) in [6, 6.07) is -0.399. The van der Waals surface area contributed by atoms with Gasteiger partial charge in [0.15, 0.2) is 0 Å². The quantitative estimate of drug-likeness (QED) is 0.888. The maximum Gasteiger partial charge on any atom is 0.239 e. The van der Waals surface area contributed by atoms with Gasteiger partial charge in [0.25, 0.3) is 0 Å². The molecule has 1 atom stereocenters. The Balaban J connectivity index is 0.00000220. The number of amides is 1. The van der Waals surface area contributed by atoms with E-state index in [0.29, 0.717) is 0 Å². The Bertz CT molecular complexity index is 448. The van der Waals surface area contributed by atoms with E-state index in [9.17, 15) is 4.79 Å². The fraction of sp³-hybridized carbons (Fsp3) is 0.714. The van der Waals surface area contributed by atoms with E-state index in [0.717, 1.165) is 45.7 Å². The molecule has 0 aliphatic carbocycles. The van der Waals surface area contributed by atoms with Crippen LogP contribution in [0.2, 0.25) is 0 Å². The highest BCUT2D eigenvalue weighted by Crippen LogP contribution is 2.09. The van der Waals surface area contributed by atoms with Crippen LogP contribution < -0.4 is 5.73 Å². The van der Waals surface area contributed by atoms with Gasteiger partial charge in [-0.05, 0) is 20.3 Å². The molecule has 1 aliphatic heterocycles. The molecule has 1 aromatic rings. The third kappa shape index (κ3) is 4.98. The molecule has 2 N–H and O–H groups in total. The van der Waals surface area contributed by atoms with Gasteiger partial charge < -0.3 is 10.6 Å². The Morgan fingerprint density at radius 2 is 2.14 bits per heavy atom. The van der Waals surface area contributed by atoms with Crippen molar-refractivity contribution < 1.29 is 4.79 Å². The SMILES string of the molecule is CCn1cc(CN2CCCN(C(=O)[C@@H](C)N)CC2)cn1.Cl. The van der Waals surface area contributed by atoms with E-state index in [1.807, 2.05) is 15.8 Å². The minimum absolute atomic E-state index is 0. The number of halogens is 1. The van der Waals surface area contributed by atoms with Crippen LogP contribution in [-0.4, -0.2) is 57.7 Å². The Labute approximate surface area is 132 Å². The van der Waals surface area contributed by atoms with Gasteiger partial charge in [0.05, 0.1) is 12.2 Å². The summed E-state index contributed by atoms with van der Waals surface area (Å²) in [5.41, 5.74) is 6.91. The van der Waals surface area contributed by atoms with E-state index in [2.05, 4.69) is 23.1 Å². The number of rotatable bonds is 4. The van der Waals surface area contributed by atoms with Gasteiger partial charge in [0.2, 0.25) is 5.91 Å². The highest BCUT2D eigenvalue weighted by molar-refractivity contribution is 5.85. The topological polar surface area (TPSA) is 67.4 Å². The van der Waals surface area contributed by atoms with E-state index in [-0.39, 0.29) is 18.3 Å². The number of carbonyl (C=O) groups is 1. The van der Waals surface area contributed by atoms with Crippen LogP contribution in [0.15, 0.2) is 12.4 Å². The highest BCUT2D eigenvalue weighted by atomic mass is 35.5. The number of carbonyl (C=O) groups excluding carboxylic acids is 1. The molecule has 0 radical (unpaired) electrons. The third-order valence-corrected chi connectivity index (χ3v) is 3.71. The van der Waals surface area contributed by atoms with E-state index < -0.39 is 6.04 Å². The molecular weight excluding hydrogens is 290 g/mol. The fourth-order valence-corrected chi connectivity index (χ4v) is 2.56. The summed E-state index contributed by atoms with van der Waals surface area (Å²) in [6.45, 7) is 9.13. The largest absolute Gasteiger partial charge is 0.340 e. The molecule has 6 nitrogen and oxygen atoms in total. The predicted octanol–water partition coefficient (Wildman–Crippen LogP) is 0.706. The number of hydrogen-bond acceptors (Lipinski definition) is 4. The smallest absolute Gasteiger partial charge is 0.239 e. The van der Waals surface area contributed by atoms with Gasteiger partial charge in [0, 0.05) is 51.0 Å². The van der Waals surface area contributed by atoms with Crippen LogP contribution in [0, 0.1) is 0 Å². The first-order valence-corrected chi connectivity index (χ1v) is 7.38. The monoisotopic (exact) mass is 315 g/mol. The minimum atomic E-state index is -0.399. The van der Waals surface area contributed by atoms with Crippen molar-refractivity contribution in [3.05, 3.63) is 18.0 Å².